The van der Waals surface area contributed by atoms with E-state index in [4.69, 9.17) is 5.11 Å². The van der Waals surface area contributed by atoms with E-state index in [1.807, 2.05) is 13.8 Å². The molecular weight excluding hydrogens is 126 g/mol. The maximum absolute atomic E-state index is 9.77. The SMILES string of the molecule is CC(C)SNC(=O)O. The van der Waals surface area contributed by atoms with E-state index in [-0.39, 0.29) is 0 Å². The zero-order valence-corrected chi connectivity index (χ0v) is 5.66. The van der Waals surface area contributed by atoms with E-state index in [1.165, 1.54) is 11.9 Å². The number of hydrogen-bond donors (Lipinski definition) is 2. The predicted molar refractivity (Wildman–Crippen MR) is 33.9 cm³/mol. The molecule has 8 heavy (non-hydrogen) atoms. The Morgan fingerprint density at radius 3 is 2.38 bits per heavy atom. The second-order valence-corrected chi connectivity index (χ2v) is 2.96. The normalized spacial score (nSPS) is 9.38. The minimum Gasteiger partial charge on any atom is -0.464 e. The van der Waals surface area contributed by atoms with Crippen molar-refractivity contribution in [1.29, 1.82) is 0 Å². The molecule has 0 rings (SSSR count). The van der Waals surface area contributed by atoms with Crippen molar-refractivity contribution < 1.29 is 9.90 Å². The molecule has 0 atom stereocenters. The summed E-state index contributed by atoms with van der Waals surface area (Å²) >= 11 is 1.19. The molecule has 4 heteroatoms. The molecule has 0 saturated carbocycles. The van der Waals surface area contributed by atoms with Crippen molar-refractivity contribution in [2.75, 3.05) is 0 Å². The molecule has 0 spiro atoms. The predicted octanol–water partition coefficient (Wildman–Crippen LogP) is 1.31. The number of carboxylic acid groups (broad SMARTS) is 1. The number of carbonyl (C=O) groups is 1. The van der Waals surface area contributed by atoms with E-state index < -0.39 is 6.09 Å². The van der Waals surface area contributed by atoms with Crippen molar-refractivity contribution in [2.24, 2.45) is 0 Å². The fourth-order valence-electron chi connectivity index (χ4n) is 0.168. The summed E-state index contributed by atoms with van der Waals surface area (Å²) in [5.41, 5.74) is 0. The van der Waals surface area contributed by atoms with Gasteiger partial charge in [0.15, 0.2) is 0 Å². The first-order valence-corrected chi connectivity index (χ1v) is 3.15. The maximum atomic E-state index is 9.77. The van der Waals surface area contributed by atoms with Crippen molar-refractivity contribution >= 4 is 18.0 Å². The Bertz CT molecular complexity index is 84.1. The van der Waals surface area contributed by atoms with Crippen molar-refractivity contribution in [2.45, 2.75) is 19.1 Å². The van der Waals surface area contributed by atoms with Gasteiger partial charge >= 0.3 is 6.09 Å². The molecule has 0 fully saturated rings. The van der Waals surface area contributed by atoms with E-state index in [0.717, 1.165) is 0 Å². The van der Waals surface area contributed by atoms with Gasteiger partial charge in [-0.2, -0.15) is 0 Å². The minimum absolute atomic E-state index is 0.311. The Morgan fingerprint density at radius 2 is 2.25 bits per heavy atom. The van der Waals surface area contributed by atoms with Crippen LogP contribution in [0.15, 0.2) is 0 Å². The Kier molecular flexibility index (Phi) is 3.43. The van der Waals surface area contributed by atoms with Gasteiger partial charge in [-0.25, -0.2) is 4.79 Å². The topological polar surface area (TPSA) is 49.3 Å². The van der Waals surface area contributed by atoms with Gasteiger partial charge in [-0.1, -0.05) is 13.8 Å². The lowest BCUT2D eigenvalue weighted by Gasteiger charge is -2.00. The van der Waals surface area contributed by atoms with Gasteiger partial charge in [-0.15, -0.1) is 0 Å². The summed E-state index contributed by atoms with van der Waals surface area (Å²) in [5.74, 6) is 0. The highest BCUT2D eigenvalue weighted by atomic mass is 32.2. The van der Waals surface area contributed by atoms with Gasteiger partial charge in [0.2, 0.25) is 0 Å². The van der Waals surface area contributed by atoms with E-state index in [0.29, 0.717) is 5.25 Å². The molecule has 2 N–H and O–H groups in total. The molecule has 0 aliphatic heterocycles. The zero-order valence-electron chi connectivity index (χ0n) is 4.84. The molecule has 0 heterocycles. The van der Waals surface area contributed by atoms with E-state index in [9.17, 15) is 4.79 Å². The highest BCUT2D eigenvalue weighted by Gasteiger charge is 1.95. The van der Waals surface area contributed by atoms with Crippen LogP contribution in [0.2, 0.25) is 0 Å². The second-order valence-electron chi connectivity index (χ2n) is 1.57. The smallest absolute Gasteiger partial charge is 0.414 e. The van der Waals surface area contributed by atoms with Crippen LogP contribution in [-0.2, 0) is 0 Å². The molecule has 0 aromatic rings. The van der Waals surface area contributed by atoms with Crippen molar-refractivity contribution in [3.63, 3.8) is 0 Å². The molecule has 0 saturated heterocycles. The Morgan fingerprint density at radius 1 is 1.75 bits per heavy atom. The lowest BCUT2D eigenvalue weighted by atomic mass is 10.6. The minimum atomic E-state index is -0.983. The van der Waals surface area contributed by atoms with Crippen LogP contribution in [-0.4, -0.2) is 16.4 Å². The molecule has 0 bridgehead atoms. The molecule has 1 amide bonds. The summed E-state index contributed by atoms with van der Waals surface area (Å²) in [6.07, 6.45) is -0.983. The molecule has 3 nitrogen and oxygen atoms in total. The van der Waals surface area contributed by atoms with Crippen LogP contribution in [0.4, 0.5) is 4.79 Å². The average Bonchev–Trinajstić information content (AvgIpc) is 1.61. The Balaban J connectivity index is 3.05. The average molecular weight is 135 g/mol. The van der Waals surface area contributed by atoms with Crippen molar-refractivity contribution in [1.82, 2.24) is 4.72 Å². The van der Waals surface area contributed by atoms with Crippen molar-refractivity contribution in [3.8, 4) is 0 Å². The summed E-state index contributed by atoms with van der Waals surface area (Å²) in [7, 11) is 0. The van der Waals surface area contributed by atoms with Crippen molar-refractivity contribution in [3.05, 3.63) is 0 Å². The van der Waals surface area contributed by atoms with E-state index in [1.54, 1.807) is 0 Å². The summed E-state index contributed by atoms with van der Waals surface area (Å²) in [5, 5.41) is 8.34. The second kappa shape index (κ2) is 3.60. The summed E-state index contributed by atoms with van der Waals surface area (Å²) in [6, 6.07) is 0. The van der Waals surface area contributed by atoms with Gasteiger partial charge in [0.1, 0.15) is 0 Å². The summed E-state index contributed by atoms with van der Waals surface area (Å²) in [6.45, 7) is 3.83. The molecule has 0 aliphatic carbocycles. The first-order chi connectivity index (χ1) is 3.63. The third-order valence-corrected chi connectivity index (χ3v) is 1.15. The Labute approximate surface area is 52.6 Å². The van der Waals surface area contributed by atoms with Gasteiger partial charge in [0.25, 0.3) is 0 Å². The van der Waals surface area contributed by atoms with Gasteiger partial charge in [-0.3, -0.25) is 4.72 Å². The third kappa shape index (κ3) is 5.62. The fourth-order valence-corrected chi connectivity index (χ4v) is 0.505. The van der Waals surface area contributed by atoms with Gasteiger partial charge < -0.3 is 5.11 Å². The zero-order chi connectivity index (χ0) is 6.57. The molecule has 0 aliphatic rings. The van der Waals surface area contributed by atoms with Crippen LogP contribution in [0.5, 0.6) is 0 Å². The maximum Gasteiger partial charge on any atom is 0.414 e. The van der Waals surface area contributed by atoms with Crippen LogP contribution in [0, 0.1) is 0 Å². The van der Waals surface area contributed by atoms with Crippen LogP contribution >= 0.6 is 11.9 Å². The van der Waals surface area contributed by atoms with Crippen LogP contribution in [0.1, 0.15) is 13.8 Å². The quantitative estimate of drug-likeness (QED) is 0.561. The number of amides is 1. The van der Waals surface area contributed by atoms with Gasteiger partial charge in [0.05, 0.1) is 0 Å². The monoisotopic (exact) mass is 135 g/mol. The first kappa shape index (κ1) is 7.62. The number of hydrogen-bond acceptors (Lipinski definition) is 2. The summed E-state index contributed by atoms with van der Waals surface area (Å²) < 4.78 is 2.18. The molecule has 0 unspecified atom stereocenters. The van der Waals surface area contributed by atoms with E-state index in [2.05, 4.69) is 4.72 Å². The fraction of sp³-hybridized carbons (Fsp3) is 0.750. The highest BCUT2D eigenvalue weighted by Crippen LogP contribution is 2.01. The third-order valence-electron chi connectivity index (χ3n) is 0.382. The molecule has 0 aromatic carbocycles. The number of nitrogens with one attached hydrogen (secondary N) is 1. The Hall–Kier alpha value is -0.380. The van der Waals surface area contributed by atoms with Crippen LogP contribution in [0.3, 0.4) is 0 Å². The largest absolute Gasteiger partial charge is 0.464 e. The van der Waals surface area contributed by atoms with Crippen LogP contribution in [0.25, 0.3) is 0 Å². The van der Waals surface area contributed by atoms with Gasteiger partial charge in [-0.05, 0) is 11.9 Å². The standard InChI is InChI=1S/C4H9NO2S/c1-3(2)8-5-4(6)7/h3,5H,1-2H3,(H,6,7). The summed E-state index contributed by atoms with van der Waals surface area (Å²) in [4.78, 5) is 9.77. The highest BCUT2D eigenvalue weighted by molar-refractivity contribution is 7.98. The lowest BCUT2D eigenvalue weighted by molar-refractivity contribution is 0.202. The van der Waals surface area contributed by atoms with Crippen LogP contribution < -0.4 is 4.72 Å². The van der Waals surface area contributed by atoms with E-state index >= 15 is 0 Å². The molecule has 0 radical (unpaired) electrons. The first-order valence-electron chi connectivity index (χ1n) is 2.27. The lowest BCUT2D eigenvalue weighted by Crippen LogP contribution is -2.14. The number of rotatable bonds is 2. The molecule has 0 aromatic heterocycles. The molecular formula is C4H9NO2S. The van der Waals surface area contributed by atoms with Gasteiger partial charge in [0, 0.05) is 5.25 Å². The molecule has 48 valence electrons.